The molecule has 0 saturated carbocycles. The Morgan fingerprint density at radius 3 is 1.39 bits per heavy atom. The van der Waals surface area contributed by atoms with Crippen LogP contribution in [0.25, 0.3) is 55.5 Å². The number of nitrogens with zero attached hydrogens (tertiary/aromatic N) is 10. The van der Waals surface area contributed by atoms with Crippen molar-refractivity contribution in [2.24, 2.45) is 0 Å². The maximum Gasteiger partial charge on any atom is 0.334 e. The molecule has 0 bridgehead atoms. The molecule has 0 saturated heterocycles. The summed E-state index contributed by atoms with van der Waals surface area (Å²) in [6.45, 7) is 4.85. The summed E-state index contributed by atoms with van der Waals surface area (Å²) >= 11 is 12.3. The Balaban J connectivity index is 0.000000180. The summed E-state index contributed by atoms with van der Waals surface area (Å²) in [5.41, 5.74) is 6.76. The van der Waals surface area contributed by atoms with Gasteiger partial charge in [-0.3, -0.25) is 37.0 Å². The topological polar surface area (TPSA) is 125 Å². The Bertz CT molecular complexity index is 3490. The van der Waals surface area contributed by atoms with Crippen LogP contribution in [0.3, 0.4) is 0 Å². The van der Waals surface area contributed by atoms with E-state index in [9.17, 15) is 22.8 Å². The average Bonchev–Trinajstić information content (AvgIpc) is 4.06. The van der Waals surface area contributed by atoms with E-state index in [4.69, 9.17) is 37.9 Å². The SMILES string of the molecule is CC.COc1ccc(-n2c(=O)n(Cc3nc4cc(Cl)ccc4n3CCCCF)c3cnccc32)cc1.O=c1n(Cc2nc3cc(Cl)ccc3n2CCCCF)c2cnccc2n1-c1ccc(F)cc1. The number of rotatable bonds is 15. The maximum absolute atomic E-state index is 13.6. The van der Waals surface area contributed by atoms with E-state index in [1.807, 2.05) is 71.5 Å². The number of pyridine rings is 2. The van der Waals surface area contributed by atoms with Crippen LogP contribution in [0.15, 0.2) is 131 Å². The van der Waals surface area contributed by atoms with Gasteiger partial charge in [-0.15, -0.1) is 0 Å². The van der Waals surface area contributed by atoms with Gasteiger partial charge in [0.2, 0.25) is 0 Å². The fraction of sp³-hybridized carbons (Fsp3) is 0.255. The molecule has 0 aliphatic rings. The summed E-state index contributed by atoms with van der Waals surface area (Å²) in [6, 6.07) is 27.6. The number of fused-ring (bicyclic) bond motifs is 4. The van der Waals surface area contributed by atoms with Crippen molar-refractivity contribution in [2.45, 2.75) is 65.7 Å². The molecule has 6 aromatic heterocycles. The lowest BCUT2D eigenvalue weighted by atomic mass is 10.3. The molecule has 0 amide bonds. The third-order valence-electron chi connectivity index (χ3n) is 11.6. The minimum atomic E-state index is -0.385. The lowest BCUT2D eigenvalue weighted by Gasteiger charge is -2.09. The first kappa shape index (κ1) is 48.3. The summed E-state index contributed by atoms with van der Waals surface area (Å²) < 4.78 is 54.7. The van der Waals surface area contributed by atoms with Crippen molar-refractivity contribution in [3.8, 4) is 17.1 Å². The number of aromatic nitrogens is 10. The number of halogens is 5. The van der Waals surface area contributed by atoms with Crippen LogP contribution in [-0.2, 0) is 26.2 Å². The highest BCUT2D eigenvalue weighted by molar-refractivity contribution is 6.31. The fourth-order valence-electron chi connectivity index (χ4n) is 8.39. The number of hydrogen-bond acceptors (Lipinski definition) is 7. The van der Waals surface area contributed by atoms with Crippen LogP contribution in [0.4, 0.5) is 13.2 Å². The van der Waals surface area contributed by atoms with Crippen molar-refractivity contribution in [2.75, 3.05) is 20.5 Å². The Morgan fingerprint density at radius 1 is 0.536 bits per heavy atom. The zero-order valence-corrected chi connectivity index (χ0v) is 39.7. The first-order valence-electron chi connectivity index (χ1n) is 22.6. The van der Waals surface area contributed by atoms with Gasteiger partial charge in [0.15, 0.2) is 0 Å². The second kappa shape index (κ2) is 21.8. The summed E-state index contributed by atoms with van der Waals surface area (Å²) in [7, 11) is 1.60. The molecule has 69 heavy (non-hydrogen) atoms. The number of unbranched alkanes of at least 4 members (excludes halogenated alkanes) is 2. The van der Waals surface area contributed by atoms with Gasteiger partial charge >= 0.3 is 11.4 Å². The highest BCUT2D eigenvalue weighted by Gasteiger charge is 2.21. The molecule has 4 aromatic carbocycles. The van der Waals surface area contributed by atoms with Crippen molar-refractivity contribution >= 4 is 67.3 Å². The van der Waals surface area contributed by atoms with E-state index in [2.05, 4.69) is 9.97 Å². The zero-order valence-electron chi connectivity index (χ0n) is 38.2. The summed E-state index contributed by atoms with van der Waals surface area (Å²) in [5.74, 6) is 1.70. The molecule has 0 aliphatic carbocycles. The number of methoxy groups -OCH3 is 1. The minimum Gasteiger partial charge on any atom is -0.497 e. The van der Waals surface area contributed by atoms with Crippen LogP contribution in [-0.4, -0.2) is 67.8 Å². The van der Waals surface area contributed by atoms with E-state index in [0.29, 0.717) is 94.0 Å². The summed E-state index contributed by atoms with van der Waals surface area (Å²) in [5, 5.41) is 1.15. The molecule has 0 spiro atoms. The van der Waals surface area contributed by atoms with Crippen LogP contribution >= 0.6 is 23.2 Å². The maximum atomic E-state index is 13.6. The number of aryl methyl sites for hydroxylation is 2. The van der Waals surface area contributed by atoms with Gasteiger partial charge in [0.1, 0.15) is 23.2 Å². The van der Waals surface area contributed by atoms with Gasteiger partial charge in [-0.25, -0.2) is 23.9 Å². The van der Waals surface area contributed by atoms with Crippen LogP contribution in [0.1, 0.15) is 51.2 Å². The molecule has 0 fully saturated rings. The van der Waals surface area contributed by atoms with E-state index < -0.39 is 0 Å². The standard InChI is InChI=1S/C25H23ClFN5O2.C24H20ClF2N5O.C2H6/c1-34-19-7-5-18(6-8-19)32-22-10-12-28-15-23(22)31(25(32)33)16-24-29-20-14-17(26)4-9-21(20)30(24)13-3-2-11-27;25-16-3-8-20-19(13-16)29-23(30(20)12-2-1-10-26)15-31-22-14-28-11-9-21(22)32(24(31)33)18-6-4-17(27)5-7-18;1-2/h4-10,12,14-15H,2-3,11,13,16H2,1H3;3-9,11,13-14H,1-2,10,12,15H2;1-2H3. The molecule has 0 aliphatic heterocycles. The van der Waals surface area contributed by atoms with Crippen molar-refractivity contribution in [3.63, 3.8) is 0 Å². The first-order chi connectivity index (χ1) is 33.7. The molecule has 356 valence electrons. The predicted octanol–water partition coefficient (Wildman–Crippen LogP) is 11.2. The van der Waals surface area contributed by atoms with Crippen LogP contribution in [0.2, 0.25) is 10.0 Å². The number of benzene rings is 4. The van der Waals surface area contributed by atoms with Crippen molar-refractivity contribution in [1.29, 1.82) is 0 Å². The Labute approximate surface area is 404 Å². The summed E-state index contributed by atoms with van der Waals surface area (Å²) in [4.78, 5) is 45.1. The lowest BCUT2D eigenvalue weighted by molar-refractivity contribution is 0.414. The van der Waals surface area contributed by atoms with Gasteiger partial charge < -0.3 is 13.9 Å². The van der Waals surface area contributed by atoms with E-state index in [0.717, 1.165) is 27.8 Å². The van der Waals surface area contributed by atoms with Crippen molar-refractivity contribution in [3.05, 3.63) is 170 Å². The Morgan fingerprint density at radius 2 is 0.971 bits per heavy atom. The third-order valence-corrected chi connectivity index (χ3v) is 12.1. The highest BCUT2D eigenvalue weighted by atomic mass is 35.5. The van der Waals surface area contributed by atoms with Gasteiger partial charge in [0.05, 0.1) is 101 Å². The second-order valence-electron chi connectivity index (χ2n) is 15.7. The number of imidazole rings is 4. The van der Waals surface area contributed by atoms with Crippen LogP contribution in [0, 0.1) is 5.82 Å². The second-order valence-corrected chi connectivity index (χ2v) is 16.6. The third kappa shape index (κ3) is 10.0. The molecule has 6 heterocycles. The molecule has 10 rings (SSSR count). The normalized spacial score (nSPS) is 11.3. The smallest absolute Gasteiger partial charge is 0.334 e. The molecule has 10 aromatic rings. The zero-order chi connectivity index (χ0) is 48.6. The Hall–Kier alpha value is -7.17. The summed E-state index contributed by atoms with van der Waals surface area (Å²) in [6.07, 6.45) is 8.81. The van der Waals surface area contributed by atoms with Gasteiger partial charge in [-0.1, -0.05) is 37.0 Å². The quantitative estimate of drug-likeness (QED) is 0.0937. The van der Waals surface area contributed by atoms with E-state index in [1.54, 1.807) is 82.0 Å². The van der Waals surface area contributed by atoms with Crippen molar-refractivity contribution < 1.29 is 17.9 Å². The highest BCUT2D eigenvalue weighted by Crippen LogP contribution is 2.26. The van der Waals surface area contributed by atoms with Crippen LogP contribution in [0.5, 0.6) is 5.75 Å². The molecule has 0 N–H and O–H groups in total. The first-order valence-corrected chi connectivity index (χ1v) is 23.3. The molecular weight excluding hydrogens is 929 g/mol. The molecule has 0 unspecified atom stereocenters. The lowest BCUT2D eigenvalue weighted by Crippen LogP contribution is -2.25. The van der Waals surface area contributed by atoms with Crippen molar-refractivity contribution in [1.82, 2.24) is 47.3 Å². The molecule has 18 heteroatoms. The average molecular weight is 978 g/mol. The van der Waals surface area contributed by atoms with E-state index in [1.165, 1.54) is 16.7 Å². The number of hydrogen-bond donors (Lipinski definition) is 0. The predicted molar refractivity (Wildman–Crippen MR) is 267 cm³/mol. The van der Waals surface area contributed by atoms with E-state index >= 15 is 0 Å². The van der Waals surface area contributed by atoms with Gasteiger partial charge in [-0.2, -0.15) is 0 Å². The molecule has 13 nitrogen and oxygen atoms in total. The van der Waals surface area contributed by atoms with Gasteiger partial charge in [-0.05, 0) is 123 Å². The molecular formula is C51H49Cl2F3N10O3. The monoisotopic (exact) mass is 976 g/mol. The number of ether oxygens (including phenoxy) is 1. The molecule has 0 radical (unpaired) electrons. The Kier molecular flexibility index (Phi) is 15.3. The van der Waals surface area contributed by atoms with Gasteiger partial charge in [0.25, 0.3) is 0 Å². The molecule has 0 atom stereocenters. The van der Waals surface area contributed by atoms with Crippen LogP contribution < -0.4 is 16.1 Å². The fourth-order valence-corrected chi connectivity index (χ4v) is 8.72. The minimum absolute atomic E-state index is 0.192. The van der Waals surface area contributed by atoms with E-state index in [-0.39, 0.29) is 43.6 Å². The number of alkyl halides is 2. The van der Waals surface area contributed by atoms with Gasteiger partial charge in [0, 0.05) is 35.5 Å². The largest absolute Gasteiger partial charge is 0.497 e.